The number of fused-ring (bicyclic) bond motifs is 9. The van der Waals surface area contributed by atoms with Crippen LogP contribution in [0.5, 0.6) is 5.75 Å². The Labute approximate surface area is 268 Å². The van der Waals surface area contributed by atoms with Crippen LogP contribution in [0.1, 0.15) is 33.9 Å². The molecule has 2 aliphatic carbocycles. The molecule has 7 atom stereocenters. The number of imide groups is 1. The number of hydrogen-bond donors (Lipinski definition) is 1. The minimum Gasteiger partial charge on any atom is -0.489 e. The van der Waals surface area contributed by atoms with Gasteiger partial charge in [0.25, 0.3) is 0 Å². The number of hydrogen-bond acceptors (Lipinski definition) is 6. The van der Waals surface area contributed by atoms with E-state index in [2.05, 4.69) is 4.98 Å². The zero-order chi connectivity index (χ0) is 31.2. The molecule has 3 aromatic carbocycles. The van der Waals surface area contributed by atoms with Gasteiger partial charge in [0.15, 0.2) is 0 Å². The molecule has 0 spiro atoms. The fourth-order valence-corrected chi connectivity index (χ4v) is 11.1. The Morgan fingerprint density at radius 3 is 2.31 bits per heavy atom. The molecule has 1 saturated heterocycles. The van der Waals surface area contributed by atoms with E-state index in [-0.39, 0.29) is 33.8 Å². The van der Waals surface area contributed by atoms with Crippen LogP contribution in [-0.4, -0.2) is 22.0 Å². The number of H-pyrrole nitrogens is 1. The molecule has 6 nitrogen and oxygen atoms in total. The molecule has 12 heteroatoms. The maximum absolute atomic E-state index is 13.9. The number of anilines is 1. The highest BCUT2D eigenvalue weighted by molar-refractivity contribution is 8.00. The van der Waals surface area contributed by atoms with Crippen LogP contribution in [0.15, 0.2) is 82.6 Å². The first-order valence-corrected chi connectivity index (χ1v) is 16.6. The summed E-state index contributed by atoms with van der Waals surface area (Å²) in [7, 11) is 0. The quantitative estimate of drug-likeness (QED) is 0.225. The smallest absolute Gasteiger partial charge is 0.418 e. The fourth-order valence-electron chi connectivity index (χ4n) is 8.05. The molecule has 45 heavy (non-hydrogen) atoms. The van der Waals surface area contributed by atoms with Crippen molar-refractivity contribution in [2.24, 2.45) is 29.6 Å². The summed E-state index contributed by atoms with van der Waals surface area (Å²) in [4.78, 5) is 44.8. The maximum atomic E-state index is 13.9. The average molecular weight is 669 g/mol. The lowest BCUT2D eigenvalue weighted by Gasteiger charge is -2.43. The Balaban J connectivity index is 1.12. The minimum atomic E-state index is -4.71. The number of alkyl halides is 3. The lowest BCUT2D eigenvalue weighted by molar-refractivity contribution is -0.137. The molecule has 4 aliphatic rings. The number of thiazole rings is 1. The van der Waals surface area contributed by atoms with Gasteiger partial charge in [0.2, 0.25) is 11.8 Å². The Kier molecular flexibility index (Phi) is 6.74. The molecule has 2 bridgehead atoms. The van der Waals surface area contributed by atoms with Gasteiger partial charge in [-0.3, -0.25) is 14.4 Å². The molecule has 1 aromatic heterocycles. The summed E-state index contributed by atoms with van der Waals surface area (Å²) in [6.45, 7) is 0.363. The highest BCUT2D eigenvalue weighted by Gasteiger charge is 2.70. The second-order valence-electron chi connectivity index (χ2n) is 12.0. The van der Waals surface area contributed by atoms with Crippen LogP contribution in [0.25, 0.3) is 0 Å². The number of ether oxygens (including phenoxy) is 1. The zero-order valence-corrected chi connectivity index (χ0v) is 25.7. The molecule has 2 amide bonds. The van der Waals surface area contributed by atoms with Gasteiger partial charge in [-0.2, -0.15) is 13.2 Å². The Hall–Kier alpha value is -3.54. The van der Waals surface area contributed by atoms with Gasteiger partial charge in [-0.05, 0) is 71.7 Å². The molecule has 3 heterocycles. The van der Waals surface area contributed by atoms with E-state index in [1.165, 1.54) is 30.0 Å². The standard InChI is InChI=1S/C33H24ClF3N2O4S2/c34-17-9-5-15(6-10-17)14-43-18-11-7-16(8-12-18)23-24-19-13-20(27(24)44-29-28(23)45-32(42)38-29)26-25(19)30(40)39(31(26)41)22-4-2-1-3-21(22)33(35,36)37/h1-12,19-20,23-27H,13-14H2,(H,38,42)/t19-,20-,23+,24+,25+,26+,27-/m1/s1. The molecule has 4 aromatic rings. The summed E-state index contributed by atoms with van der Waals surface area (Å²) in [6, 6.07) is 19.9. The first-order chi connectivity index (χ1) is 21.6. The molecular formula is C33H24ClF3N2O4S2. The predicted molar refractivity (Wildman–Crippen MR) is 165 cm³/mol. The number of aromatic nitrogens is 1. The number of rotatable bonds is 5. The number of thioether (sulfide) groups is 1. The van der Waals surface area contributed by atoms with Crippen molar-refractivity contribution >= 4 is 52.2 Å². The van der Waals surface area contributed by atoms with Crippen molar-refractivity contribution in [3.05, 3.63) is 109 Å². The molecule has 2 aliphatic heterocycles. The summed E-state index contributed by atoms with van der Waals surface area (Å²) in [6.07, 6.45) is -4.07. The average Bonchev–Trinajstić information content (AvgIpc) is 3.75. The van der Waals surface area contributed by atoms with Gasteiger partial charge in [-0.25, -0.2) is 4.90 Å². The van der Waals surface area contributed by atoms with Crippen LogP contribution in [0.3, 0.4) is 0 Å². The maximum Gasteiger partial charge on any atom is 0.418 e. The third-order valence-electron chi connectivity index (χ3n) is 9.73. The summed E-state index contributed by atoms with van der Waals surface area (Å²) < 4.78 is 47.8. The van der Waals surface area contributed by atoms with E-state index in [9.17, 15) is 27.6 Å². The predicted octanol–water partition coefficient (Wildman–Crippen LogP) is 7.37. The molecule has 230 valence electrons. The number of benzene rings is 3. The lowest BCUT2D eigenvalue weighted by Crippen LogP contribution is -2.42. The van der Waals surface area contributed by atoms with E-state index in [0.29, 0.717) is 23.8 Å². The van der Waals surface area contributed by atoms with Gasteiger partial charge in [0.1, 0.15) is 12.4 Å². The third-order valence-corrected chi connectivity index (χ3v) is 12.6. The van der Waals surface area contributed by atoms with E-state index in [4.69, 9.17) is 16.3 Å². The van der Waals surface area contributed by atoms with Crippen molar-refractivity contribution in [2.75, 3.05) is 4.90 Å². The topological polar surface area (TPSA) is 79.5 Å². The van der Waals surface area contributed by atoms with E-state index in [0.717, 1.165) is 43.3 Å². The molecule has 0 radical (unpaired) electrons. The number of aromatic amines is 1. The highest BCUT2D eigenvalue weighted by Crippen LogP contribution is 2.68. The second kappa shape index (κ2) is 10.5. The Morgan fingerprint density at radius 1 is 0.911 bits per heavy atom. The van der Waals surface area contributed by atoms with Crippen LogP contribution in [-0.2, 0) is 22.4 Å². The molecule has 2 saturated carbocycles. The first-order valence-electron chi connectivity index (χ1n) is 14.5. The summed E-state index contributed by atoms with van der Waals surface area (Å²) >= 11 is 8.66. The second-order valence-corrected chi connectivity index (χ2v) is 14.6. The van der Waals surface area contributed by atoms with Crippen LogP contribution in [0, 0.1) is 29.6 Å². The van der Waals surface area contributed by atoms with Gasteiger partial charge < -0.3 is 9.72 Å². The zero-order valence-electron chi connectivity index (χ0n) is 23.3. The summed E-state index contributed by atoms with van der Waals surface area (Å²) in [5.74, 6) is -2.54. The van der Waals surface area contributed by atoms with Crippen LogP contribution >= 0.6 is 34.7 Å². The molecule has 3 fully saturated rings. The summed E-state index contributed by atoms with van der Waals surface area (Å²) in [5, 5.41) is 1.33. The van der Waals surface area contributed by atoms with Crippen LogP contribution < -0.4 is 14.5 Å². The van der Waals surface area contributed by atoms with Crippen molar-refractivity contribution in [1.29, 1.82) is 0 Å². The SMILES string of the molecule is O=C1[C@H]2[C@H]3C[C@@H]([C@@H]2C(=O)N1c1ccccc1C(F)(F)F)[C@H]1[C@H](c2ccc(OCc4ccc(Cl)cc4)cc2)c2sc(=O)[nH]c2S[C@H]31. The first kappa shape index (κ1) is 28.9. The van der Waals surface area contributed by atoms with Crippen molar-refractivity contribution in [2.45, 2.75) is 35.4 Å². The van der Waals surface area contributed by atoms with Crippen molar-refractivity contribution in [3.63, 3.8) is 0 Å². The molecule has 1 N–H and O–H groups in total. The van der Waals surface area contributed by atoms with E-state index >= 15 is 0 Å². The number of nitrogens with one attached hydrogen (secondary N) is 1. The van der Waals surface area contributed by atoms with Gasteiger partial charge in [0.05, 0.1) is 28.1 Å². The minimum absolute atomic E-state index is 0.0735. The molecular weight excluding hydrogens is 645 g/mol. The van der Waals surface area contributed by atoms with Gasteiger partial charge in [-0.1, -0.05) is 59.3 Å². The van der Waals surface area contributed by atoms with Crippen molar-refractivity contribution < 1.29 is 27.5 Å². The molecule has 0 unspecified atom stereocenters. The normalized spacial score (nSPS) is 28.3. The number of carbonyl (C=O) groups excluding carboxylic acids is 2. The van der Waals surface area contributed by atoms with E-state index < -0.39 is 41.1 Å². The number of halogens is 4. The largest absolute Gasteiger partial charge is 0.489 e. The van der Waals surface area contributed by atoms with E-state index in [1.807, 2.05) is 36.4 Å². The summed E-state index contributed by atoms with van der Waals surface area (Å²) in [5.41, 5.74) is 0.526. The highest BCUT2D eigenvalue weighted by atomic mass is 35.5. The van der Waals surface area contributed by atoms with Gasteiger partial charge >= 0.3 is 11.0 Å². The number of nitrogens with zero attached hydrogens (tertiary/aromatic N) is 1. The Bertz CT molecular complexity index is 1890. The van der Waals surface area contributed by atoms with Crippen LogP contribution in [0.4, 0.5) is 18.9 Å². The monoisotopic (exact) mass is 668 g/mol. The van der Waals surface area contributed by atoms with Gasteiger partial charge in [0, 0.05) is 21.1 Å². The molecule has 8 rings (SSSR count). The van der Waals surface area contributed by atoms with Crippen LogP contribution in [0.2, 0.25) is 5.02 Å². The number of amides is 2. The number of para-hydroxylation sites is 1. The third kappa shape index (κ3) is 4.57. The number of carbonyl (C=O) groups is 2. The Morgan fingerprint density at radius 2 is 1.60 bits per heavy atom. The fraction of sp³-hybridized carbons (Fsp3) is 0.303. The lowest BCUT2D eigenvalue weighted by atomic mass is 9.68. The van der Waals surface area contributed by atoms with Crippen molar-refractivity contribution in [1.82, 2.24) is 4.98 Å². The van der Waals surface area contributed by atoms with Gasteiger partial charge in [-0.15, -0.1) is 11.8 Å². The van der Waals surface area contributed by atoms with E-state index in [1.54, 1.807) is 12.1 Å². The van der Waals surface area contributed by atoms with Crippen molar-refractivity contribution in [3.8, 4) is 5.75 Å².